The first-order chi connectivity index (χ1) is 14.2. The number of H-pyrrole nitrogens is 2. The summed E-state index contributed by atoms with van der Waals surface area (Å²) >= 11 is 0. The van der Waals surface area contributed by atoms with Crippen molar-refractivity contribution >= 4 is 53.7 Å². The van der Waals surface area contributed by atoms with Crippen LogP contribution in [-0.4, -0.2) is 22.9 Å². The number of nitrogens with one attached hydrogen (secondary N) is 2. The molecule has 0 saturated carbocycles. The van der Waals surface area contributed by atoms with Crippen LogP contribution in [0.5, 0.6) is 0 Å². The van der Waals surface area contributed by atoms with Crippen molar-refractivity contribution in [3.05, 3.63) is 74.0 Å². The molecule has 0 aliphatic rings. The summed E-state index contributed by atoms with van der Waals surface area (Å²) in [5.41, 5.74) is 2.60. The Morgan fingerprint density at radius 2 is 1.33 bits per heavy atom. The maximum absolute atomic E-state index is 13.2. The molecule has 3 N–H and O–H groups in total. The van der Waals surface area contributed by atoms with Crippen LogP contribution < -0.4 is 10.9 Å². The minimum atomic E-state index is -4.46. The summed E-state index contributed by atoms with van der Waals surface area (Å²) in [7, 11) is -4.46. The lowest BCUT2D eigenvalue weighted by Crippen LogP contribution is -2.11. The van der Waals surface area contributed by atoms with Crippen molar-refractivity contribution in [2.24, 2.45) is 0 Å². The second-order valence-electron chi connectivity index (χ2n) is 7.44. The molecule has 0 aliphatic heterocycles. The van der Waals surface area contributed by atoms with Gasteiger partial charge in [0.05, 0.1) is 32.3 Å². The molecule has 0 spiro atoms. The molecule has 5 aromatic rings. The van der Waals surface area contributed by atoms with E-state index in [1.807, 2.05) is 19.1 Å². The molecule has 7 nitrogen and oxygen atoms in total. The highest BCUT2D eigenvalue weighted by molar-refractivity contribution is 7.85. The Morgan fingerprint density at radius 1 is 0.767 bits per heavy atom. The maximum atomic E-state index is 13.2. The van der Waals surface area contributed by atoms with Gasteiger partial charge in [0.2, 0.25) is 0 Å². The molecule has 0 fully saturated rings. The number of rotatable bonds is 1. The molecule has 5 rings (SSSR count). The second-order valence-corrected chi connectivity index (χ2v) is 8.83. The second kappa shape index (κ2) is 6.01. The number of aromatic amines is 2. The van der Waals surface area contributed by atoms with E-state index in [4.69, 9.17) is 0 Å². The van der Waals surface area contributed by atoms with Crippen LogP contribution in [0.25, 0.3) is 43.6 Å². The van der Waals surface area contributed by atoms with Gasteiger partial charge in [-0.3, -0.25) is 14.1 Å². The summed E-state index contributed by atoms with van der Waals surface area (Å²) < 4.78 is 32.7. The van der Waals surface area contributed by atoms with Gasteiger partial charge in [-0.15, -0.1) is 0 Å². The van der Waals surface area contributed by atoms with Crippen LogP contribution in [0.3, 0.4) is 0 Å². The van der Waals surface area contributed by atoms with E-state index in [0.29, 0.717) is 38.2 Å². The molecule has 0 aliphatic carbocycles. The number of hydrogen-bond acceptors (Lipinski definition) is 4. The Hall–Kier alpha value is -3.49. The fourth-order valence-electron chi connectivity index (χ4n) is 4.18. The van der Waals surface area contributed by atoms with Gasteiger partial charge in [0.25, 0.3) is 10.1 Å². The van der Waals surface area contributed by atoms with E-state index in [2.05, 4.69) is 9.97 Å². The number of pyridine rings is 2. The number of aryl methyl sites for hydroxylation is 2. The third-order valence-corrected chi connectivity index (χ3v) is 6.60. The topological polar surface area (TPSA) is 120 Å². The summed E-state index contributed by atoms with van der Waals surface area (Å²) in [5, 5.41) is 1.54. The number of benzene rings is 3. The van der Waals surface area contributed by atoms with Crippen molar-refractivity contribution in [3.63, 3.8) is 0 Å². The Labute approximate surface area is 169 Å². The van der Waals surface area contributed by atoms with Gasteiger partial charge >= 0.3 is 0 Å². The Morgan fingerprint density at radius 3 is 1.93 bits per heavy atom. The van der Waals surface area contributed by atoms with Crippen LogP contribution >= 0.6 is 0 Å². The first-order valence-corrected chi connectivity index (χ1v) is 10.6. The van der Waals surface area contributed by atoms with Crippen molar-refractivity contribution in [1.29, 1.82) is 0 Å². The van der Waals surface area contributed by atoms with Crippen LogP contribution in [0.2, 0.25) is 0 Å². The van der Waals surface area contributed by atoms with Crippen molar-refractivity contribution in [3.8, 4) is 0 Å². The van der Waals surface area contributed by atoms with E-state index >= 15 is 0 Å². The molecule has 8 heteroatoms. The van der Waals surface area contributed by atoms with Crippen LogP contribution in [0, 0.1) is 13.8 Å². The van der Waals surface area contributed by atoms with Crippen LogP contribution in [0.4, 0.5) is 0 Å². The monoisotopic (exact) mass is 420 g/mol. The van der Waals surface area contributed by atoms with Gasteiger partial charge in [-0.2, -0.15) is 8.42 Å². The molecule has 0 atom stereocenters. The SMILES string of the molecule is Cc1cccc2[nH]c3cc4c(=O)c5c(C)c(S(=O)(=O)O)ccc5[nH]c4cc3c(=O)c12. The van der Waals surface area contributed by atoms with Gasteiger partial charge in [0.15, 0.2) is 10.9 Å². The molecule has 0 saturated heterocycles. The van der Waals surface area contributed by atoms with Crippen molar-refractivity contribution in [2.75, 3.05) is 0 Å². The van der Waals surface area contributed by atoms with Gasteiger partial charge in [-0.05, 0) is 55.3 Å². The van der Waals surface area contributed by atoms with Gasteiger partial charge in [0.1, 0.15) is 0 Å². The van der Waals surface area contributed by atoms with Crippen LogP contribution in [0.15, 0.2) is 56.9 Å². The molecule has 2 heterocycles. The molecule has 0 unspecified atom stereocenters. The van der Waals surface area contributed by atoms with E-state index in [-0.39, 0.29) is 26.7 Å². The molecule has 3 aromatic carbocycles. The fraction of sp³-hybridized carbons (Fsp3) is 0.0909. The molecule has 30 heavy (non-hydrogen) atoms. The maximum Gasteiger partial charge on any atom is 0.294 e. The largest absolute Gasteiger partial charge is 0.354 e. The summed E-state index contributed by atoms with van der Waals surface area (Å²) in [6.45, 7) is 3.35. The smallest absolute Gasteiger partial charge is 0.294 e. The quantitative estimate of drug-likeness (QED) is 0.283. The molecule has 2 aromatic heterocycles. The van der Waals surface area contributed by atoms with Gasteiger partial charge < -0.3 is 9.97 Å². The highest BCUT2D eigenvalue weighted by atomic mass is 32.2. The highest BCUT2D eigenvalue weighted by Gasteiger charge is 2.19. The lowest BCUT2D eigenvalue weighted by molar-refractivity contribution is 0.482. The van der Waals surface area contributed by atoms with E-state index in [0.717, 1.165) is 5.56 Å². The fourth-order valence-corrected chi connectivity index (χ4v) is 4.91. The zero-order valence-corrected chi connectivity index (χ0v) is 16.8. The van der Waals surface area contributed by atoms with Crippen molar-refractivity contribution < 1.29 is 13.0 Å². The Bertz CT molecular complexity index is 1780. The minimum Gasteiger partial charge on any atom is -0.354 e. The third-order valence-electron chi connectivity index (χ3n) is 5.61. The van der Waals surface area contributed by atoms with Gasteiger partial charge in [-0.1, -0.05) is 12.1 Å². The summed E-state index contributed by atoms with van der Waals surface area (Å²) in [6.07, 6.45) is 0. The lowest BCUT2D eigenvalue weighted by Gasteiger charge is -2.10. The summed E-state index contributed by atoms with van der Waals surface area (Å²) in [4.78, 5) is 32.4. The first-order valence-electron chi connectivity index (χ1n) is 9.19. The molecule has 0 radical (unpaired) electrons. The first kappa shape index (κ1) is 18.5. The van der Waals surface area contributed by atoms with Gasteiger partial charge in [-0.25, -0.2) is 0 Å². The number of hydrogen-bond donors (Lipinski definition) is 3. The molecular formula is C22H16N2O5S. The standard InChI is InChI=1S/C22H16N2O5S/c1-10-4-3-5-14-19(10)21(25)12-8-17-13(9-16(12)23-14)22(26)20-11(2)18(30(27,28)29)7-6-15(20)24-17/h3-9H,1-2H3,(H,23,25)(H,24,26)(H,27,28,29). The normalized spacial score (nSPS) is 12.4. The molecule has 0 amide bonds. The predicted molar refractivity (Wildman–Crippen MR) is 117 cm³/mol. The van der Waals surface area contributed by atoms with Gasteiger partial charge in [0, 0.05) is 16.2 Å². The van der Waals surface area contributed by atoms with Crippen molar-refractivity contribution in [2.45, 2.75) is 18.7 Å². The Kier molecular flexibility index (Phi) is 3.71. The lowest BCUT2D eigenvalue weighted by atomic mass is 10.0. The number of fused-ring (bicyclic) bond motifs is 4. The summed E-state index contributed by atoms with van der Waals surface area (Å²) in [6, 6.07) is 11.5. The molecular weight excluding hydrogens is 404 g/mol. The molecule has 150 valence electrons. The minimum absolute atomic E-state index is 0.127. The van der Waals surface area contributed by atoms with Crippen LogP contribution in [-0.2, 0) is 10.1 Å². The molecule has 0 bridgehead atoms. The van der Waals surface area contributed by atoms with E-state index < -0.39 is 10.1 Å². The average Bonchev–Trinajstić information content (AvgIpc) is 2.66. The van der Waals surface area contributed by atoms with E-state index in [1.165, 1.54) is 19.1 Å². The highest BCUT2D eigenvalue weighted by Crippen LogP contribution is 2.26. The van der Waals surface area contributed by atoms with E-state index in [1.54, 1.807) is 18.2 Å². The Balaban J connectivity index is 1.98. The zero-order valence-electron chi connectivity index (χ0n) is 16.0. The zero-order chi connectivity index (χ0) is 21.4. The average molecular weight is 420 g/mol. The number of aromatic nitrogens is 2. The predicted octanol–water partition coefficient (Wildman–Crippen LogP) is 3.54. The van der Waals surface area contributed by atoms with Crippen LogP contribution in [0.1, 0.15) is 11.1 Å². The van der Waals surface area contributed by atoms with E-state index in [9.17, 15) is 22.6 Å². The summed E-state index contributed by atoms with van der Waals surface area (Å²) in [5.74, 6) is 0. The third kappa shape index (κ3) is 2.51. The van der Waals surface area contributed by atoms with Crippen molar-refractivity contribution in [1.82, 2.24) is 9.97 Å².